The van der Waals surface area contributed by atoms with Crippen molar-refractivity contribution < 1.29 is 0 Å². The summed E-state index contributed by atoms with van der Waals surface area (Å²) in [7, 11) is 0. The summed E-state index contributed by atoms with van der Waals surface area (Å²) in [5.74, 6) is 2.97. The van der Waals surface area contributed by atoms with E-state index in [1.807, 2.05) is 0 Å². The first-order valence-electron chi connectivity index (χ1n) is 7.85. The van der Waals surface area contributed by atoms with Crippen molar-refractivity contribution >= 4 is 11.6 Å². The van der Waals surface area contributed by atoms with Crippen molar-refractivity contribution in [3.05, 3.63) is 11.9 Å². The van der Waals surface area contributed by atoms with Gasteiger partial charge in [0, 0.05) is 45.2 Å². The lowest BCUT2D eigenvalue weighted by atomic mass is 10.3. The Morgan fingerprint density at radius 2 is 1.85 bits per heavy atom. The third kappa shape index (κ3) is 3.82. The number of nitrogens with one attached hydrogen (secondary N) is 1. The topological polar surface area (TPSA) is 44.3 Å². The van der Waals surface area contributed by atoms with Gasteiger partial charge in [0.05, 0.1) is 0 Å². The largest absolute Gasteiger partial charge is 0.370 e. The molecule has 1 aliphatic heterocycles. The lowest BCUT2D eigenvalue weighted by molar-refractivity contribution is 0.270. The second kappa shape index (κ2) is 7.43. The Morgan fingerprint density at radius 3 is 2.45 bits per heavy atom. The number of nitrogens with zero attached hydrogens (tertiary/aromatic N) is 4. The maximum Gasteiger partial charge on any atom is 0.134 e. The fourth-order valence-electron chi connectivity index (χ4n) is 2.44. The second-order valence-electron chi connectivity index (χ2n) is 5.23. The minimum absolute atomic E-state index is 0.879. The Kier molecular flexibility index (Phi) is 5.59. The van der Waals surface area contributed by atoms with Crippen LogP contribution < -0.4 is 10.2 Å². The summed E-state index contributed by atoms with van der Waals surface area (Å²) in [6.45, 7) is 13.0. The average Bonchev–Trinajstić information content (AvgIpc) is 2.52. The number of piperazine rings is 1. The first kappa shape index (κ1) is 15.0. The summed E-state index contributed by atoms with van der Waals surface area (Å²) in [5, 5.41) is 3.38. The maximum absolute atomic E-state index is 4.69. The predicted molar refractivity (Wildman–Crippen MR) is 84.5 cm³/mol. The Morgan fingerprint density at radius 1 is 1.10 bits per heavy atom. The van der Waals surface area contributed by atoms with Crippen LogP contribution in [0.1, 0.15) is 33.0 Å². The van der Waals surface area contributed by atoms with Crippen molar-refractivity contribution in [1.82, 2.24) is 14.9 Å². The third-order valence-electron chi connectivity index (χ3n) is 3.77. The van der Waals surface area contributed by atoms with Gasteiger partial charge in [-0.2, -0.15) is 0 Å². The molecule has 2 rings (SSSR count). The Balaban J connectivity index is 2.10. The smallest absolute Gasteiger partial charge is 0.134 e. The Labute approximate surface area is 122 Å². The number of anilines is 2. The van der Waals surface area contributed by atoms with E-state index in [4.69, 9.17) is 4.98 Å². The highest BCUT2D eigenvalue weighted by atomic mass is 15.3. The fourth-order valence-corrected chi connectivity index (χ4v) is 2.44. The summed E-state index contributed by atoms with van der Waals surface area (Å²) in [6.07, 6.45) is 1.99. The van der Waals surface area contributed by atoms with E-state index in [1.54, 1.807) is 0 Å². The van der Waals surface area contributed by atoms with E-state index in [0.29, 0.717) is 0 Å². The molecule has 2 heterocycles. The molecule has 1 aliphatic rings. The lowest BCUT2D eigenvalue weighted by Gasteiger charge is -2.35. The van der Waals surface area contributed by atoms with Gasteiger partial charge in [-0.3, -0.25) is 0 Å². The molecule has 0 aromatic carbocycles. The number of aromatic nitrogens is 2. The monoisotopic (exact) mass is 277 g/mol. The number of hydrogen-bond acceptors (Lipinski definition) is 5. The molecule has 0 spiro atoms. The summed E-state index contributed by atoms with van der Waals surface area (Å²) >= 11 is 0. The zero-order valence-electron chi connectivity index (χ0n) is 13.0. The van der Waals surface area contributed by atoms with Crippen molar-refractivity contribution in [2.24, 2.45) is 0 Å². The van der Waals surface area contributed by atoms with Gasteiger partial charge in [-0.1, -0.05) is 20.8 Å². The van der Waals surface area contributed by atoms with E-state index in [0.717, 1.165) is 69.6 Å². The van der Waals surface area contributed by atoms with Gasteiger partial charge in [0.15, 0.2) is 0 Å². The summed E-state index contributed by atoms with van der Waals surface area (Å²) < 4.78 is 0. The molecule has 1 N–H and O–H groups in total. The predicted octanol–water partition coefficient (Wildman–Crippen LogP) is 2.00. The van der Waals surface area contributed by atoms with Crippen molar-refractivity contribution in [3.8, 4) is 0 Å². The van der Waals surface area contributed by atoms with Crippen LogP contribution in [-0.4, -0.2) is 54.1 Å². The molecule has 1 aromatic rings. The molecule has 0 saturated carbocycles. The zero-order chi connectivity index (χ0) is 14.4. The van der Waals surface area contributed by atoms with Gasteiger partial charge in [-0.15, -0.1) is 0 Å². The van der Waals surface area contributed by atoms with E-state index >= 15 is 0 Å². The number of rotatable bonds is 6. The van der Waals surface area contributed by atoms with E-state index in [9.17, 15) is 0 Å². The molecule has 5 heteroatoms. The molecule has 1 fully saturated rings. The molecule has 0 bridgehead atoms. The van der Waals surface area contributed by atoms with Gasteiger partial charge < -0.3 is 15.1 Å². The van der Waals surface area contributed by atoms with Gasteiger partial charge in [0.25, 0.3) is 0 Å². The van der Waals surface area contributed by atoms with Gasteiger partial charge in [-0.05, 0) is 13.0 Å². The van der Waals surface area contributed by atoms with Gasteiger partial charge in [0.1, 0.15) is 17.5 Å². The minimum Gasteiger partial charge on any atom is -0.370 e. The molecule has 20 heavy (non-hydrogen) atoms. The summed E-state index contributed by atoms with van der Waals surface area (Å²) in [5.41, 5.74) is 0. The molecule has 0 atom stereocenters. The molecule has 112 valence electrons. The van der Waals surface area contributed by atoms with Gasteiger partial charge in [0.2, 0.25) is 0 Å². The molecular formula is C15H27N5. The van der Waals surface area contributed by atoms with Crippen LogP contribution in [0.15, 0.2) is 6.07 Å². The average molecular weight is 277 g/mol. The summed E-state index contributed by atoms with van der Waals surface area (Å²) in [4.78, 5) is 14.1. The Hall–Kier alpha value is -1.36. The number of aryl methyl sites for hydroxylation is 1. The van der Waals surface area contributed by atoms with Crippen LogP contribution in [0.4, 0.5) is 11.6 Å². The van der Waals surface area contributed by atoms with E-state index in [1.165, 1.54) is 0 Å². The molecule has 1 aromatic heterocycles. The molecule has 0 amide bonds. The lowest BCUT2D eigenvalue weighted by Crippen LogP contribution is -2.46. The molecule has 0 radical (unpaired) electrons. The normalized spacial score (nSPS) is 16.4. The standard InChI is InChI=1S/C15H27N5/c1-4-7-16-14-12-15(18-13(5-2)17-14)20-10-8-19(6-3)9-11-20/h12H,4-11H2,1-3H3,(H,16,17,18). The van der Waals surface area contributed by atoms with Crippen LogP contribution in [0, 0.1) is 0 Å². The van der Waals surface area contributed by atoms with Crippen molar-refractivity contribution in [2.75, 3.05) is 49.5 Å². The zero-order valence-corrected chi connectivity index (χ0v) is 13.0. The van der Waals surface area contributed by atoms with Gasteiger partial charge >= 0.3 is 0 Å². The van der Waals surface area contributed by atoms with Crippen molar-refractivity contribution in [1.29, 1.82) is 0 Å². The SMILES string of the molecule is CCCNc1cc(N2CCN(CC)CC2)nc(CC)n1. The maximum atomic E-state index is 4.69. The quantitative estimate of drug-likeness (QED) is 0.861. The summed E-state index contributed by atoms with van der Waals surface area (Å²) in [6, 6.07) is 2.09. The van der Waals surface area contributed by atoms with Crippen molar-refractivity contribution in [2.45, 2.75) is 33.6 Å². The van der Waals surface area contributed by atoms with Gasteiger partial charge in [-0.25, -0.2) is 9.97 Å². The highest BCUT2D eigenvalue weighted by molar-refractivity contribution is 5.49. The molecular weight excluding hydrogens is 250 g/mol. The first-order chi connectivity index (χ1) is 9.76. The van der Waals surface area contributed by atoms with E-state index in [2.05, 4.69) is 46.9 Å². The van der Waals surface area contributed by atoms with Crippen LogP contribution >= 0.6 is 0 Å². The number of hydrogen-bond donors (Lipinski definition) is 1. The Bertz CT molecular complexity index is 413. The second-order valence-corrected chi connectivity index (χ2v) is 5.23. The third-order valence-corrected chi connectivity index (χ3v) is 3.77. The highest BCUT2D eigenvalue weighted by Gasteiger charge is 2.17. The fraction of sp³-hybridized carbons (Fsp3) is 0.733. The van der Waals surface area contributed by atoms with Crippen LogP contribution in [0.25, 0.3) is 0 Å². The number of likely N-dealkylation sites (N-methyl/N-ethyl adjacent to an activating group) is 1. The van der Waals surface area contributed by atoms with E-state index in [-0.39, 0.29) is 0 Å². The minimum atomic E-state index is 0.879. The van der Waals surface area contributed by atoms with E-state index < -0.39 is 0 Å². The van der Waals surface area contributed by atoms with Crippen molar-refractivity contribution in [3.63, 3.8) is 0 Å². The highest BCUT2D eigenvalue weighted by Crippen LogP contribution is 2.18. The van der Waals surface area contributed by atoms with Crippen LogP contribution in [-0.2, 0) is 6.42 Å². The van der Waals surface area contributed by atoms with Crippen LogP contribution in [0.3, 0.4) is 0 Å². The molecule has 5 nitrogen and oxygen atoms in total. The van der Waals surface area contributed by atoms with Crippen LogP contribution in [0.5, 0.6) is 0 Å². The molecule has 0 unspecified atom stereocenters. The molecule has 1 saturated heterocycles. The first-order valence-corrected chi connectivity index (χ1v) is 7.85. The van der Waals surface area contributed by atoms with Crippen LogP contribution in [0.2, 0.25) is 0 Å². The molecule has 0 aliphatic carbocycles.